The molecule has 1 fully saturated rings. The van der Waals surface area contributed by atoms with Crippen LogP contribution in [0.4, 0.5) is 39.5 Å². The van der Waals surface area contributed by atoms with Gasteiger partial charge in [0.1, 0.15) is 18.5 Å². The van der Waals surface area contributed by atoms with Crippen molar-refractivity contribution in [1.82, 2.24) is 0 Å². The van der Waals surface area contributed by atoms with Gasteiger partial charge in [0.25, 0.3) is 0 Å². The highest BCUT2D eigenvalue weighted by Crippen LogP contribution is 2.30. The SMILES string of the molecule is FC1CCCCCC(F)C(F)C(F)C(F)C(F)C(F)C(F)C(F)C1.O=[P+](O)O. The van der Waals surface area contributed by atoms with Crippen molar-refractivity contribution >= 4 is 8.25 Å². The zero-order valence-corrected chi connectivity index (χ0v) is 15.5. The first-order valence-electron chi connectivity index (χ1n) is 8.51. The molecule has 1 aliphatic rings. The Bertz CT molecular complexity index is 447. The normalized spacial score (nSPS) is 41.8. The van der Waals surface area contributed by atoms with E-state index in [4.69, 9.17) is 14.4 Å². The van der Waals surface area contributed by atoms with Crippen LogP contribution >= 0.6 is 8.25 Å². The van der Waals surface area contributed by atoms with Crippen LogP contribution in [-0.4, -0.2) is 65.3 Å². The average molecular weight is 453 g/mol. The van der Waals surface area contributed by atoms with E-state index in [1.54, 1.807) is 0 Å². The topological polar surface area (TPSA) is 57.5 Å². The lowest BCUT2D eigenvalue weighted by Gasteiger charge is -2.26. The zero-order chi connectivity index (χ0) is 22.0. The maximum absolute atomic E-state index is 13.5. The Morgan fingerprint density at radius 2 is 0.929 bits per heavy atom. The van der Waals surface area contributed by atoms with Crippen molar-refractivity contribution in [3.63, 3.8) is 0 Å². The maximum atomic E-state index is 13.5. The third kappa shape index (κ3) is 9.73. The third-order valence-electron chi connectivity index (χ3n) is 4.19. The molecule has 9 atom stereocenters. The fourth-order valence-electron chi connectivity index (χ4n) is 2.63. The van der Waals surface area contributed by atoms with E-state index in [2.05, 4.69) is 0 Å². The monoisotopic (exact) mass is 453 g/mol. The van der Waals surface area contributed by atoms with Gasteiger partial charge in [0, 0.05) is 11.0 Å². The van der Waals surface area contributed by atoms with E-state index >= 15 is 0 Å². The second-order valence-electron chi connectivity index (χ2n) is 6.42. The van der Waals surface area contributed by atoms with Gasteiger partial charge >= 0.3 is 8.25 Å². The van der Waals surface area contributed by atoms with Crippen LogP contribution in [0.5, 0.6) is 0 Å². The highest BCUT2D eigenvalue weighted by Gasteiger charge is 2.47. The van der Waals surface area contributed by atoms with Crippen LogP contribution in [0, 0.1) is 0 Å². The highest BCUT2D eigenvalue weighted by molar-refractivity contribution is 7.30. The third-order valence-corrected chi connectivity index (χ3v) is 4.19. The molecule has 0 spiro atoms. The van der Waals surface area contributed by atoms with E-state index in [0.717, 1.165) is 0 Å². The lowest BCUT2D eigenvalue weighted by molar-refractivity contribution is -0.0488. The molecule has 0 amide bonds. The fourth-order valence-corrected chi connectivity index (χ4v) is 2.63. The van der Waals surface area contributed by atoms with Gasteiger partial charge in [-0.1, -0.05) is 19.3 Å². The second-order valence-corrected chi connectivity index (χ2v) is 6.93. The van der Waals surface area contributed by atoms with Crippen LogP contribution in [-0.2, 0) is 4.57 Å². The number of halogens is 9. The van der Waals surface area contributed by atoms with Gasteiger partial charge in [0.15, 0.2) is 37.0 Å². The molecule has 28 heavy (non-hydrogen) atoms. The standard InChI is InChI=1S/C15H21F9.HO3P/c16-7-4-2-1-3-5-8(17)10(19)12(21)14(23)15(24)13(22)11(20)9(18)6-7;1-4(2)3/h7-15H,1-6H2;(H-,1,2,3)/p+1. The Kier molecular flexibility index (Phi) is 13.3. The summed E-state index contributed by atoms with van der Waals surface area (Å²) in [7, 11) is -2.87. The summed E-state index contributed by atoms with van der Waals surface area (Å²) in [6.07, 6.45) is -28.5. The lowest BCUT2D eigenvalue weighted by atomic mass is 9.96. The second kappa shape index (κ2) is 13.6. The minimum absolute atomic E-state index is 0.0353. The number of hydrogen-bond donors (Lipinski definition) is 2. The molecule has 0 aromatic heterocycles. The van der Waals surface area contributed by atoms with E-state index in [9.17, 15) is 39.5 Å². The van der Waals surface area contributed by atoms with Crippen molar-refractivity contribution in [3.8, 4) is 0 Å². The van der Waals surface area contributed by atoms with Gasteiger partial charge in [-0.25, -0.2) is 39.5 Å². The first kappa shape index (κ1) is 27.4. The zero-order valence-electron chi connectivity index (χ0n) is 14.6. The highest BCUT2D eigenvalue weighted by atomic mass is 31.1. The van der Waals surface area contributed by atoms with E-state index in [1.807, 2.05) is 0 Å². The van der Waals surface area contributed by atoms with Gasteiger partial charge in [-0.2, -0.15) is 0 Å². The Morgan fingerprint density at radius 3 is 1.39 bits per heavy atom. The quantitative estimate of drug-likeness (QED) is 0.401. The number of rotatable bonds is 0. The van der Waals surface area contributed by atoms with Crippen molar-refractivity contribution < 1.29 is 53.9 Å². The molecule has 9 unspecified atom stereocenters. The number of alkyl halides is 9. The van der Waals surface area contributed by atoms with Crippen molar-refractivity contribution in [1.29, 1.82) is 0 Å². The van der Waals surface area contributed by atoms with E-state index in [-0.39, 0.29) is 25.7 Å². The minimum Gasteiger partial charge on any atom is -0.247 e. The molecule has 0 saturated heterocycles. The van der Waals surface area contributed by atoms with Gasteiger partial charge in [0.2, 0.25) is 0 Å². The van der Waals surface area contributed by atoms with Gasteiger partial charge in [-0.15, -0.1) is 9.79 Å². The molecule has 168 valence electrons. The number of hydrogen-bond acceptors (Lipinski definition) is 1. The van der Waals surface area contributed by atoms with Crippen molar-refractivity contribution in [3.05, 3.63) is 0 Å². The van der Waals surface area contributed by atoms with Crippen molar-refractivity contribution in [2.24, 2.45) is 0 Å². The molecule has 0 aromatic rings. The van der Waals surface area contributed by atoms with Gasteiger partial charge in [-0.05, 0) is 12.8 Å². The van der Waals surface area contributed by atoms with Crippen LogP contribution in [0.25, 0.3) is 0 Å². The van der Waals surface area contributed by atoms with E-state index in [0.29, 0.717) is 0 Å². The minimum atomic E-state index is -3.53. The summed E-state index contributed by atoms with van der Waals surface area (Å²) in [5, 5.41) is 0. The lowest BCUT2D eigenvalue weighted by Crippen LogP contribution is -2.47. The first-order chi connectivity index (χ1) is 12.9. The smallest absolute Gasteiger partial charge is 0.247 e. The van der Waals surface area contributed by atoms with E-state index in [1.165, 1.54) is 0 Å². The van der Waals surface area contributed by atoms with Crippen LogP contribution in [0.2, 0.25) is 0 Å². The molecule has 0 radical (unpaired) electrons. The molecule has 13 heteroatoms. The summed E-state index contributed by atoms with van der Waals surface area (Å²) in [6, 6.07) is 0. The molecular formula is C15H23F9O3P+. The molecule has 3 nitrogen and oxygen atoms in total. The summed E-state index contributed by atoms with van der Waals surface area (Å²) in [6.45, 7) is 0. The molecule has 1 aliphatic carbocycles. The summed E-state index contributed by atoms with van der Waals surface area (Å²) >= 11 is 0. The van der Waals surface area contributed by atoms with Crippen LogP contribution in [0.15, 0.2) is 0 Å². The van der Waals surface area contributed by atoms with Crippen molar-refractivity contribution in [2.45, 2.75) is 94.1 Å². The fraction of sp³-hybridized carbons (Fsp3) is 1.00. The molecule has 2 N–H and O–H groups in total. The Hall–Kier alpha value is -0.610. The average Bonchev–Trinajstić information content (AvgIpc) is 2.62. The largest absolute Gasteiger partial charge is 0.692 e. The van der Waals surface area contributed by atoms with E-state index < -0.39 is 76.6 Å². The van der Waals surface area contributed by atoms with Crippen LogP contribution in [0.1, 0.15) is 38.5 Å². The molecule has 0 aliphatic heterocycles. The van der Waals surface area contributed by atoms with Gasteiger partial charge in [-0.3, -0.25) is 0 Å². The Morgan fingerprint density at radius 1 is 0.571 bits per heavy atom. The Labute approximate surface area is 157 Å². The van der Waals surface area contributed by atoms with Crippen LogP contribution < -0.4 is 0 Å². The molecular weight excluding hydrogens is 430 g/mol. The molecule has 1 saturated carbocycles. The van der Waals surface area contributed by atoms with Gasteiger partial charge < -0.3 is 0 Å². The summed E-state index contributed by atoms with van der Waals surface area (Å²) in [5.74, 6) is 0. The molecule has 1 rings (SSSR count). The van der Waals surface area contributed by atoms with Gasteiger partial charge in [0.05, 0.1) is 0 Å². The summed E-state index contributed by atoms with van der Waals surface area (Å²) < 4.78 is 130. The first-order valence-corrected chi connectivity index (χ1v) is 9.68. The molecule has 0 bridgehead atoms. The summed E-state index contributed by atoms with van der Waals surface area (Å²) in [4.78, 5) is 14.2. The van der Waals surface area contributed by atoms with Crippen LogP contribution in [0.3, 0.4) is 0 Å². The van der Waals surface area contributed by atoms with Crippen molar-refractivity contribution in [2.75, 3.05) is 0 Å². The molecule has 0 aromatic carbocycles. The maximum Gasteiger partial charge on any atom is 0.692 e. The predicted octanol–water partition coefficient (Wildman–Crippen LogP) is 5.01. The molecule has 0 heterocycles. The predicted molar refractivity (Wildman–Crippen MR) is 83.8 cm³/mol. The summed E-state index contributed by atoms with van der Waals surface area (Å²) in [5.41, 5.74) is 0. The Balaban J connectivity index is 0.00000165.